The lowest BCUT2D eigenvalue weighted by molar-refractivity contribution is 0.569. The monoisotopic (exact) mass is 226 g/mol. The smallest absolute Gasteiger partial charge is 0.193 e. The average molecular weight is 226 g/mol. The Morgan fingerprint density at radius 1 is 1.53 bits per heavy atom. The molecule has 78 valence electrons. The molecule has 0 spiro atoms. The van der Waals surface area contributed by atoms with E-state index in [1.165, 1.54) is 11.1 Å². The second kappa shape index (κ2) is 4.26. The van der Waals surface area contributed by atoms with Crippen molar-refractivity contribution in [2.45, 2.75) is 5.50 Å². The maximum atomic E-state index is 13.4. The minimum absolute atomic E-state index is 0.283. The molecular weight excluding hydrogens is 219 g/mol. The average Bonchev–Trinajstić information content (AvgIpc) is 2.67. The first-order chi connectivity index (χ1) is 7.33. The molecule has 0 saturated heterocycles. The first kappa shape index (κ1) is 9.91. The van der Waals surface area contributed by atoms with Crippen LogP contribution in [0.2, 0.25) is 0 Å². The van der Waals surface area contributed by atoms with Crippen molar-refractivity contribution in [2.24, 2.45) is 10.4 Å². The molecule has 0 amide bonds. The number of carbonyl (C=O) groups excluding carboxylic acids is 1. The number of nitrogens with zero attached hydrogens (tertiary/aromatic N) is 3. The number of hydrogen-bond donors (Lipinski definition) is 1. The summed E-state index contributed by atoms with van der Waals surface area (Å²) in [7, 11) is 0. The molecule has 5 nitrogen and oxygen atoms in total. The Balaban J connectivity index is 2.26. The highest BCUT2D eigenvalue weighted by molar-refractivity contribution is 8.12. The van der Waals surface area contributed by atoms with Crippen molar-refractivity contribution in [3.63, 3.8) is 0 Å². The number of anilines is 1. The van der Waals surface area contributed by atoms with Gasteiger partial charge in [0.1, 0.15) is 11.5 Å². The summed E-state index contributed by atoms with van der Waals surface area (Å²) in [5.74, 6) is -0.406. The number of rotatable bonds is 3. The van der Waals surface area contributed by atoms with Gasteiger partial charge in [-0.2, -0.15) is 0 Å². The summed E-state index contributed by atoms with van der Waals surface area (Å²) >= 11 is 0.931. The van der Waals surface area contributed by atoms with E-state index in [0.29, 0.717) is 5.62 Å². The van der Waals surface area contributed by atoms with Crippen molar-refractivity contribution in [1.29, 1.82) is 0 Å². The SMILES string of the molecule is O=CSC1NN=NN1c1ccccc1F. The molecule has 1 aliphatic heterocycles. The molecular formula is C8H7FN4OS. The zero-order valence-electron chi connectivity index (χ0n) is 7.50. The summed E-state index contributed by atoms with van der Waals surface area (Å²) in [6.07, 6.45) is 0. The van der Waals surface area contributed by atoms with Crippen LogP contribution in [-0.2, 0) is 4.79 Å². The molecule has 0 fully saturated rings. The highest BCUT2D eigenvalue weighted by atomic mass is 32.2. The largest absolute Gasteiger partial charge is 0.291 e. The van der Waals surface area contributed by atoms with Crippen molar-refractivity contribution >= 4 is 23.1 Å². The van der Waals surface area contributed by atoms with Gasteiger partial charge in [-0.05, 0) is 29.1 Å². The van der Waals surface area contributed by atoms with Crippen molar-refractivity contribution in [2.75, 3.05) is 5.01 Å². The van der Waals surface area contributed by atoms with Crippen molar-refractivity contribution < 1.29 is 9.18 Å². The fourth-order valence-electron chi connectivity index (χ4n) is 1.18. The minimum atomic E-state index is -0.487. The lowest BCUT2D eigenvalue weighted by Crippen LogP contribution is -2.32. The third-order valence-electron chi connectivity index (χ3n) is 1.82. The third-order valence-corrected chi connectivity index (χ3v) is 2.49. The fourth-order valence-corrected chi connectivity index (χ4v) is 1.66. The molecule has 1 N–H and O–H groups in total. The van der Waals surface area contributed by atoms with Gasteiger partial charge in [0.05, 0.1) is 0 Å². The first-order valence-electron chi connectivity index (χ1n) is 4.12. The number of halogens is 1. The summed E-state index contributed by atoms with van der Waals surface area (Å²) in [5.41, 5.74) is 3.03. The molecule has 1 aromatic rings. The van der Waals surface area contributed by atoms with Crippen molar-refractivity contribution in [3.8, 4) is 0 Å². The highest BCUT2D eigenvalue weighted by Gasteiger charge is 2.25. The topological polar surface area (TPSA) is 57.1 Å². The summed E-state index contributed by atoms with van der Waals surface area (Å²) in [6.45, 7) is 0. The molecule has 7 heteroatoms. The van der Waals surface area contributed by atoms with Crippen LogP contribution in [0.25, 0.3) is 0 Å². The Hall–Kier alpha value is -1.63. The van der Waals surface area contributed by atoms with Gasteiger partial charge in [0.2, 0.25) is 0 Å². The second-order valence-electron chi connectivity index (χ2n) is 2.70. The molecule has 1 heterocycles. The van der Waals surface area contributed by atoms with E-state index < -0.39 is 11.3 Å². The van der Waals surface area contributed by atoms with E-state index in [1.807, 2.05) is 0 Å². The minimum Gasteiger partial charge on any atom is -0.291 e. The number of nitrogens with one attached hydrogen (secondary N) is 1. The molecule has 0 aromatic heterocycles. The van der Waals surface area contributed by atoms with Gasteiger partial charge in [0.25, 0.3) is 0 Å². The van der Waals surface area contributed by atoms with E-state index in [4.69, 9.17) is 0 Å². The summed E-state index contributed by atoms with van der Waals surface area (Å²) < 4.78 is 13.4. The quantitative estimate of drug-likeness (QED) is 0.797. The van der Waals surface area contributed by atoms with Gasteiger partial charge in [-0.25, -0.2) is 9.40 Å². The molecule has 1 unspecified atom stereocenters. The van der Waals surface area contributed by atoms with Crippen LogP contribution >= 0.6 is 11.8 Å². The Morgan fingerprint density at radius 3 is 3.07 bits per heavy atom. The number of benzene rings is 1. The van der Waals surface area contributed by atoms with Gasteiger partial charge in [0, 0.05) is 0 Å². The number of hydrogen-bond acceptors (Lipinski definition) is 6. The first-order valence-corrected chi connectivity index (χ1v) is 5.06. The van der Waals surface area contributed by atoms with Crippen LogP contribution < -0.4 is 10.4 Å². The van der Waals surface area contributed by atoms with Crippen LogP contribution in [0.4, 0.5) is 10.1 Å². The molecule has 2 rings (SSSR count). The lowest BCUT2D eigenvalue weighted by atomic mass is 10.3. The number of para-hydroxylation sites is 1. The maximum absolute atomic E-state index is 13.4. The normalized spacial score (nSPS) is 19.0. The Labute approximate surface area is 89.3 Å². The molecule has 1 atom stereocenters. The van der Waals surface area contributed by atoms with E-state index in [0.717, 1.165) is 11.8 Å². The van der Waals surface area contributed by atoms with Gasteiger partial charge >= 0.3 is 0 Å². The van der Waals surface area contributed by atoms with Crippen LogP contribution in [0.5, 0.6) is 0 Å². The fraction of sp³-hybridized carbons (Fsp3) is 0.125. The van der Waals surface area contributed by atoms with E-state index in [9.17, 15) is 9.18 Å². The predicted molar refractivity (Wildman–Crippen MR) is 55.0 cm³/mol. The van der Waals surface area contributed by atoms with E-state index >= 15 is 0 Å². The number of carbonyl (C=O) groups is 1. The molecule has 1 aliphatic rings. The van der Waals surface area contributed by atoms with Crippen molar-refractivity contribution in [3.05, 3.63) is 30.1 Å². The number of thioether (sulfide) groups is 1. The molecule has 15 heavy (non-hydrogen) atoms. The second-order valence-corrected chi connectivity index (χ2v) is 3.61. The van der Waals surface area contributed by atoms with Gasteiger partial charge < -0.3 is 0 Å². The van der Waals surface area contributed by atoms with Gasteiger partial charge in [-0.3, -0.25) is 10.2 Å². The van der Waals surface area contributed by atoms with Gasteiger partial charge in [0.15, 0.2) is 11.1 Å². The van der Waals surface area contributed by atoms with Gasteiger partial charge in [-0.15, -0.1) is 0 Å². The third kappa shape index (κ3) is 1.91. The lowest BCUT2D eigenvalue weighted by Gasteiger charge is -2.18. The molecule has 0 saturated carbocycles. The van der Waals surface area contributed by atoms with Crippen LogP contribution in [0, 0.1) is 5.82 Å². The molecule has 1 aromatic carbocycles. The molecule has 0 aliphatic carbocycles. The Bertz CT molecular complexity index is 400. The van der Waals surface area contributed by atoms with Crippen molar-refractivity contribution in [1.82, 2.24) is 5.43 Å². The highest BCUT2D eigenvalue weighted by Crippen LogP contribution is 2.26. The van der Waals surface area contributed by atoms with E-state index in [1.54, 1.807) is 18.2 Å². The molecule has 0 bridgehead atoms. The Morgan fingerprint density at radius 2 is 2.33 bits per heavy atom. The van der Waals surface area contributed by atoms with Gasteiger partial charge in [-0.1, -0.05) is 17.4 Å². The van der Waals surface area contributed by atoms with Crippen LogP contribution in [0.1, 0.15) is 0 Å². The van der Waals surface area contributed by atoms with Crippen LogP contribution in [0.15, 0.2) is 34.7 Å². The molecule has 0 radical (unpaired) electrons. The summed E-state index contributed by atoms with van der Waals surface area (Å²) in [5, 5.41) is 8.55. The predicted octanol–water partition coefficient (Wildman–Crippen LogP) is 1.72. The van der Waals surface area contributed by atoms with E-state index in [-0.39, 0.29) is 5.69 Å². The van der Waals surface area contributed by atoms with E-state index in [2.05, 4.69) is 15.9 Å². The van der Waals surface area contributed by atoms with Crippen LogP contribution in [0.3, 0.4) is 0 Å². The zero-order chi connectivity index (χ0) is 10.7. The van der Waals surface area contributed by atoms with Crippen LogP contribution in [-0.4, -0.2) is 11.1 Å². The standard InChI is InChI=1S/C8H7FN4OS/c9-6-3-1-2-4-7(6)13-8(15-5-14)10-11-12-13/h1-5,8H,(H,10,12). The maximum Gasteiger partial charge on any atom is 0.193 e. The summed E-state index contributed by atoms with van der Waals surface area (Å²) in [6, 6.07) is 6.17. The zero-order valence-corrected chi connectivity index (χ0v) is 8.32. The summed E-state index contributed by atoms with van der Waals surface area (Å²) in [4.78, 5) is 10.3. The Kier molecular flexibility index (Phi) is 2.82.